The van der Waals surface area contributed by atoms with Gasteiger partial charge in [0.25, 0.3) is 0 Å². The molecule has 1 aromatic heterocycles. The van der Waals surface area contributed by atoms with E-state index in [0.29, 0.717) is 15.8 Å². The highest BCUT2D eigenvalue weighted by atomic mass is 35.5. The Hall–Kier alpha value is -3.46. The molecule has 1 fully saturated rings. The summed E-state index contributed by atoms with van der Waals surface area (Å²) in [4.78, 5) is 21.0. The number of carbonyl (C=O) groups excluding carboxylic acids is 1. The van der Waals surface area contributed by atoms with Gasteiger partial charge in [-0.15, -0.1) is 0 Å². The fourth-order valence-electron chi connectivity index (χ4n) is 5.40. The lowest BCUT2D eigenvalue weighted by atomic mass is 9.86. The Morgan fingerprint density at radius 1 is 1.21 bits per heavy atom. The zero-order chi connectivity index (χ0) is 27.9. The minimum absolute atomic E-state index is 0.00717. The van der Waals surface area contributed by atoms with E-state index in [-0.39, 0.29) is 30.1 Å². The van der Waals surface area contributed by atoms with Crippen LogP contribution in [0.4, 0.5) is 17.1 Å². The number of benzene rings is 2. The van der Waals surface area contributed by atoms with Crippen LogP contribution in [0.2, 0.25) is 5.02 Å². The molecule has 3 aromatic rings. The van der Waals surface area contributed by atoms with E-state index in [9.17, 15) is 4.79 Å². The van der Waals surface area contributed by atoms with Crippen molar-refractivity contribution >= 4 is 57.5 Å². The molecule has 0 spiro atoms. The summed E-state index contributed by atoms with van der Waals surface area (Å²) in [6.07, 6.45) is 4.07. The summed E-state index contributed by atoms with van der Waals surface area (Å²) in [7, 11) is 3.59. The second-order valence-electron chi connectivity index (χ2n) is 10.5. The van der Waals surface area contributed by atoms with Crippen molar-refractivity contribution in [1.82, 2.24) is 10.3 Å². The van der Waals surface area contributed by atoms with Crippen LogP contribution in [-0.4, -0.2) is 42.3 Å². The second kappa shape index (κ2) is 10.6. The molecule has 5 rings (SSSR count). The van der Waals surface area contributed by atoms with Crippen LogP contribution in [0.3, 0.4) is 0 Å². The molecule has 1 amide bonds. The molecule has 39 heavy (non-hydrogen) atoms. The number of nitrogens with one attached hydrogen (secondary N) is 2. The van der Waals surface area contributed by atoms with E-state index < -0.39 is 0 Å². The molecule has 0 unspecified atom stereocenters. The van der Waals surface area contributed by atoms with Crippen molar-refractivity contribution in [1.29, 1.82) is 0 Å². The second-order valence-corrected chi connectivity index (χ2v) is 11.2. The molecule has 0 aliphatic carbocycles. The Labute approximate surface area is 239 Å². The highest BCUT2D eigenvalue weighted by molar-refractivity contribution is 7.80. The molecule has 3 heterocycles. The van der Waals surface area contributed by atoms with E-state index >= 15 is 0 Å². The van der Waals surface area contributed by atoms with Crippen LogP contribution >= 0.6 is 23.8 Å². The highest BCUT2D eigenvalue weighted by Gasteiger charge is 2.42. The quantitative estimate of drug-likeness (QED) is 0.351. The third kappa shape index (κ3) is 5.12. The largest absolute Gasteiger partial charge is 0.375 e. The number of allylic oxidation sites excluding steroid dienone is 1. The van der Waals surface area contributed by atoms with Crippen molar-refractivity contribution < 1.29 is 9.53 Å². The van der Waals surface area contributed by atoms with Crippen LogP contribution in [0.25, 0.3) is 5.57 Å². The van der Waals surface area contributed by atoms with Crippen molar-refractivity contribution in [3.8, 4) is 0 Å². The minimum Gasteiger partial charge on any atom is -0.375 e. The zero-order valence-corrected chi connectivity index (χ0v) is 24.2. The lowest BCUT2D eigenvalue weighted by Crippen LogP contribution is -2.42. The first-order valence-electron chi connectivity index (χ1n) is 12.8. The first kappa shape index (κ1) is 27.1. The smallest absolute Gasteiger partial charge is 0.250 e. The van der Waals surface area contributed by atoms with Gasteiger partial charge in [0.05, 0.1) is 23.3 Å². The SMILES string of the molecule is COCC(=O)Nc1ccc(N2C(=S)N[C@H](c3ccccn3)[C@@H]2c2cc3c(cc2Cl)N(C)C(C)(C)C=C3C)cc1. The third-order valence-electron chi connectivity index (χ3n) is 7.46. The van der Waals surface area contributed by atoms with Crippen LogP contribution in [0.15, 0.2) is 66.9 Å². The number of pyridine rings is 1. The Bertz CT molecular complexity index is 1440. The summed E-state index contributed by atoms with van der Waals surface area (Å²) in [5.74, 6) is -0.214. The Balaban J connectivity index is 1.60. The van der Waals surface area contributed by atoms with Crippen molar-refractivity contribution in [2.75, 3.05) is 35.9 Å². The number of thiocarbonyl (C=S) groups is 1. The van der Waals surface area contributed by atoms with E-state index in [4.69, 9.17) is 28.6 Å². The zero-order valence-electron chi connectivity index (χ0n) is 22.7. The first-order chi connectivity index (χ1) is 18.6. The van der Waals surface area contributed by atoms with Crippen LogP contribution in [0.1, 0.15) is 49.7 Å². The number of amides is 1. The number of methoxy groups -OCH3 is 1. The van der Waals surface area contributed by atoms with Gasteiger partial charge in [0.2, 0.25) is 5.91 Å². The summed E-state index contributed by atoms with van der Waals surface area (Å²) in [5.41, 5.74) is 6.70. The maximum atomic E-state index is 12.0. The fraction of sp³-hybridized carbons (Fsp3) is 0.300. The number of anilines is 3. The number of fused-ring (bicyclic) bond motifs is 1. The van der Waals surface area contributed by atoms with Gasteiger partial charge in [-0.05, 0) is 92.7 Å². The molecule has 0 bridgehead atoms. The van der Waals surface area contributed by atoms with Crippen molar-refractivity contribution in [2.45, 2.75) is 38.4 Å². The van der Waals surface area contributed by atoms with E-state index in [1.54, 1.807) is 6.20 Å². The van der Waals surface area contributed by atoms with Gasteiger partial charge in [-0.3, -0.25) is 9.78 Å². The molecule has 2 aliphatic heterocycles. The lowest BCUT2D eigenvalue weighted by molar-refractivity contribution is -0.119. The summed E-state index contributed by atoms with van der Waals surface area (Å²) < 4.78 is 4.92. The topological polar surface area (TPSA) is 69.7 Å². The van der Waals surface area contributed by atoms with Gasteiger partial charge < -0.3 is 25.2 Å². The van der Waals surface area contributed by atoms with Gasteiger partial charge in [-0.25, -0.2) is 0 Å². The maximum Gasteiger partial charge on any atom is 0.250 e. The number of nitrogens with zero attached hydrogens (tertiary/aromatic N) is 3. The number of carbonyl (C=O) groups is 1. The number of rotatable bonds is 6. The average Bonchev–Trinajstić information content (AvgIpc) is 3.24. The number of ether oxygens (including phenoxy) is 1. The molecule has 1 saturated heterocycles. The predicted octanol–water partition coefficient (Wildman–Crippen LogP) is 6.13. The van der Waals surface area contributed by atoms with Crippen LogP contribution in [0, 0.1) is 0 Å². The van der Waals surface area contributed by atoms with Gasteiger partial charge in [0.1, 0.15) is 6.61 Å². The van der Waals surface area contributed by atoms with Crippen LogP contribution < -0.4 is 20.4 Å². The van der Waals surface area contributed by atoms with E-state index in [2.05, 4.69) is 71.4 Å². The number of hydrogen-bond donors (Lipinski definition) is 2. The van der Waals surface area contributed by atoms with E-state index in [1.165, 1.54) is 12.7 Å². The number of aromatic nitrogens is 1. The summed E-state index contributed by atoms with van der Waals surface area (Å²) in [6.45, 7) is 6.53. The Morgan fingerprint density at radius 3 is 2.62 bits per heavy atom. The van der Waals surface area contributed by atoms with Gasteiger partial charge in [-0.1, -0.05) is 23.7 Å². The summed E-state index contributed by atoms with van der Waals surface area (Å²) >= 11 is 13.0. The summed E-state index contributed by atoms with van der Waals surface area (Å²) in [6, 6.07) is 17.2. The van der Waals surface area contributed by atoms with E-state index in [1.807, 2.05) is 42.5 Å². The average molecular weight is 562 g/mol. The summed E-state index contributed by atoms with van der Waals surface area (Å²) in [5, 5.41) is 7.57. The molecule has 0 saturated carbocycles. The molecule has 7 nitrogen and oxygen atoms in total. The van der Waals surface area contributed by atoms with Crippen LogP contribution in [0.5, 0.6) is 0 Å². The first-order valence-corrected chi connectivity index (χ1v) is 13.6. The molecule has 202 valence electrons. The highest BCUT2D eigenvalue weighted by Crippen LogP contribution is 2.47. The number of likely N-dealkylation sites (N-methyl/N-ethyl adjacent to an activating group) is 1. The Kier molecular flexibility index (Phi) is 7.37. The van der Waals surface area contributed by atoms with Crippen LogP contribution in [-0.2, 0) is 9.53 Å². The van der Waals surface area contributed by atoms with Gasteiger partial charge >= 0.3 is 0 Å². The lowest BCUT2D eigenvalue weighted by Gasteiger charge is -2.41. The van der Waals surface area contributed by atoms with Gasteiger partial charge in [-0.2, -0.15) is 0 Å². The molecule has 9 heteroatoms. The molecular formula is C30H32ClN5O2S. The van der Waals surface area contributed by atoms with Gasteiger partial charge in [0.15, 0.2) is 5.11 Å². The number of halogens is 1. The maximum absolute atomic E-state index is 12.0. The standard InChI is InChI=1S/C30H32ClN5O2S/c1-18-16-30(2,3)35(4)25-15-23(31)22(14-21(18)25)28-27(24-8-6-7-13-32-24)34-29(39)36(28)20-11-9-19(10-12-20)33-26(37)17-38-5/h6-16,27-28H,17H2,1-5H3,(H,33,37)(H,34,39)/t27-,28+/m1/s1. The third-order valence-corrected chi connectivity index (χ3v) is 8.10. The van der Waals surface area contributed by atoms with Crippen molar-refractivity contribution in [3.63, 3.8) is 0 Å². The van der Waals surface area contributed by atoms with E-state index in [0.717, 1.165) is 28.2 Å². The Morgan fingerprint density at radius 2 is 1.95 bits per heavy atom. The molecule has 2 atom stereocenters. The van der Waals surface area contributed by atoms with Crippen molar-refractivity contribution in [2.24, 2.45) is 0 Å². The van der Waals surface area contributed by atoms with Gasteiger partial charge in [0, 0.05) is 48.0 Å². The predicted molar refractivity (Wildman–Crippen MR) is 162 cm³/mol. The molecule has 2 N–H and O–H groups in total. The monoisotopic (exact) mass is 561 g/mol. The molecular weight excluding hydrogens is 530 g/mol. The molecule has 0 radical (unpaired) electrons. The molecule has 2 aromatic carbocycles. The molecule has 2 aliphatic rings. The van der Waals surface area contributed by atoms with Crippen molar-refractivity contribution in [3.05, 3.63) is 88.7 Å². The minimum atomic E-state index is -0.257. The fourth-order valence-corrected chi connectivity index (χ4v) is 6.01. The normalized spacial score (nSPS) is 19.8. The number of hydrogen-bond acceptors (Lipinski definition) is 5.